The van der Waals surface area contributed by atoms with Gasteiger partial charge in [-0.2, -0.15) is 0 Å². The molecule has 1 aliphatic rings. The predicted molar refractivity (Wildman–Crippen MR) is 74.5 cm³/mol. The summed E-state index contributed by atoms with van der Waals surface area (Å²) in [7, 11) is 1.75. The number of carbonyl (C=O) groups is 1. The lowest BCUT2D eigenvalue weighted by Crippen LogP contribution is -2.29. The van der Waals surface area contributed by atoms with Gasteiger partial charge in [-0.15, -0.1) is 11.3 Å². The zero-order valence-corrected chi connectivity index (χ0v) is 12.2. The van der Waals surface area contributed by atoms with E-state index in [2.05, 4.69) is 10.3 Å². The lowest BCUT2D eigenvalue weighted by molar-refractivity contribution is -0.142. The Labute approximate surface area is 117 Å². The fraction of sp³-hybridized carbons (Fsp3) is 0.692. The van der Waals surface area contributed by atoms with Gasteiger partial charge in [0.25, 0.3) is 0 Å². The van der Waals surface area contributed by atoms with E-state index in [-0.39, 0.29) is 18.5 Å². The molecule has 1 N–H and O–H groups in total. The zero-order valence-electron chi connectivity index (χ0n) is 11.3. The molecule has 19 heavy (non-hydrogen) atoms. The Morgan fingerprint density at radius 2 is 2.42 bits per heavy atom. The van der Waals surface area contributed by atoms with E-state index in [9.17, 15) is 4.79 Å². The Morgan fingerprint density at radius 3 is 3.16 bits per heavy atom. The third-order valence-electron chi connectivity index (χ3n) is 3.25. The number of anilines is 1. The highest BCUT2D eigenvalue weighted by atomic mass is 32.1. The van der Waals surface area contributed by atoms with E-state index in [0.717, 1.165) is 23.7 Å². The van der Waals surface area contributed by atoms with Crippen molar-refractivity contribution >= 4 is 22.4 Å². The number of rotatable bonds is 6. The summed E-state index contributed by atoms with van der Waals surface area (Å²) in [5.41, 5.74) is 0.762. The van der Waals surface area contributed by atoms with Crippen molar-refractivity contribution in [3.8, 4) is 0 Å². The van der Waals surface area contributed by atoms with Gasteiger partial charge < -0.3 is 14.8 Å². The first-order valence-electron chi connectivity index (χ1n) is 6.62. The quantitative estimate of drug-likeness (QED) is 0.812. The van der Waals surface area contributed by atoms with Crippen LogP contribution in [0.2, 0.25) is 0 Å². The summed E-state index contributed by atoms with van der Waals surface area (Å²) in [6, 6.07) is 0.326. The van der Waals surface area contributed by atoms with Crippen LogP contribution in [0.4, 0.5) is 5.13 Å². The molecule has 2 unspecified atom stereocenters. The second kappa shape index (κ2) is 6.86. The average Bonchev–Trinajstić information content (AvgIpc) is 2.99. The van der Waals surface area contributed by atoms with Gasteiger partial charge in [-0.3, -0.25) is 4.79 Å². The minimum atomic E-state index is -0.227. The van der Waals surface area contributed by atoms with E-state index in [4.69, 9.17) is 9.47 Å². The summed E-state index contributed by atoms with van der Waals surface area (Å²) >= 11 is 1.52. The molecule has 1 aromatic rings. The third kappa shape index (κ3) is 3.91. The highest BCUT2D eigenvalue weighted by Gasteiger charge is 2.27. The van der Waals surface area contributed by atoms with Crippen molar-refractivity contribution in [2.75, 3.05) is 19.0 Å². The first-order chi connectivity index (χ1) is 9.22. The number of nitrogens with one attached hydrogen (secondary N) is 1. The molecule has 1 aliphatic carbocycles. The van der Waals surface area contributed by atoms with Crippen LogP contribution in [-0.4, -0.2) is 36.8 Å². The van der Waals surface area contributed by atoms with Crippen LogP contribution < -0.4 is 5.32 Å². The van der Waals surface area contributed by atoms with Gasteiger partial charge >= 0.3 is 5.97 Å². The number of carbonyl (C=O) groups excluding carboxylic acids is 1. The fourth-order valence-corrected chi connectivity index (χ4v) is 3.12. The molecule has 0 amide bonds. The molecular weight excluding hydrogens is 264 g/mol. The number of esters is 1. The highest BCUT2D eigenvalue weighted by Crippen LogP contribution is 2.26. The van der Waals surface area contributed by atoms with Gasteiger partial charge in [-0.1, -0.05) is 0 Å². The lowest BCUT2D eigenvalue weighted by atomic mass is 10.2. The number of hydrogen-bond acceptors (Lipinski definition) is 6. The number of aromatic nitrogens is 1. The first-order valence-corrected chi connectivity index (χ1v) is 7.50. The molecule has 1 fully saturated rings. The molecule has 0 aromatic carbocycles. The van der Waals surface area contributed by atoms with Crippen LogP contribution in [0.15, 0.2) is 5.38 Å². The lowest BCUT2D eigenvalue weighted by Gasteiger charge is -2.18. The molecule has 0 spiro atoms. The maximum Gasteiger partial charge on any atom is 0.311 e. The number of hydrogen-bond donors (Lipinski definition) is 1. The molecule has 5 nitrogen and oxygen atoms in total. The molecule has 0 aliphatic heterocycles. The minimum Gasteiger partial charge on any atom is -0.466 e. The Morgan fingerprint density at radius 1 is 1.58 bits per heavy atom. The van der Waals surface area contributed by atoms with E-state index in [0.29, 0.717) is 12.6 Å². The molecule has 1 aromatic heterocycles. The first kappa shape index (κ1) is 14.3. The van der Waals surface area contributed by atoms with Gasteiger partial charge in [-0.25, -0.2) is 4.98 Å². The van der Waals surface area contributed by atoms with Gasteiger partial charge in [0.2, 0.25) is 0 Å². The van der Waals surface area contributed by atoms with Crippen LogP contribution in [0.5, 0.6) is 0 Å². The smallest absolute Gasteiger partial charge is 0.311 e. The fourth-order valence-electron chi connectivity index (χ4n) is 2.35. The monoisotopic (exact) mass is 284 g/mol. The van der Waals surface area contributed by atoms with E-state index in [1.807, 2.05) is 5.38 Å². The van der Waals surface area contributed by atoms with Crippen molar-refractivity contribution in [1.29, 1.82) is 0 Å². The third-order valence-corrected chi connectivity index (χ3v) is 4.07. The van der Waals surface area contributed by atoms with Crippen LogP contribution >= 0.6 is 11.3 Å². The summed E-state index contributed by atoms with van der Waals surface area (Å²) in [4.78, 5) is 15.8. The van der Waals surface area contributed by atoms with E-state index >= 15 is 0 Å². The summed E-state index contributed by atoms with van der Waals surface area (Å²) in [5, 5.41) is 6.15. The molecule has 106 valence electrons. The Bertz CT molecular complexity index is 422. The van der Waals surface area contributed by atoms with Crippen LogP contribution in [0.3, 0.4) is 0 Å². The summed E-state index contributed by atoms with van der Waals surface area (Å²) < 4.78 is 10.3. The molecular formula is C13H20N2O3S. The number of ether oxygens (including phenoxy) is 2. The van der Waals surface area contributed by atoms with E-state index < -0.39 is 0 Å². The van der Waals surface area contributed by atoms with Crippen molar-refractivity contribution in [2.45, 2.75) is 44.8 Å². The van der Waals surface area contributed by atoms with Crippen LogP contribution in [0, 0.1) is 0 Å². The van der Waals surface area contributed by atoms with Crippen molar-refractivity contribution in [1.82, 2.24) is 4.98 Å². The Hall–Kier alpha value is -1.14. The van der Waals surface area contributed by atoms with E-state index in [1.165, 1.54) is 17.8 Å². The topological polar surface area (TPSA) is 60.5 Å². The molecule has 2 rings (SSSR count). The van der Waals surface area contributed by atoms with Crippen molar-refractivity contribution in [3.63, 3.8) is 0 Å². The Balaban J connectivity index is 1.88. The second-order valence-electron chi connectivity index (χ2n) is 4.58. The zero-order chi connectivity index (χ0) is 13.7. The second-order valence-corrected chi connectivity index (χ2v) is 5.44. The van der Waals surface area contributed by atoms with Crippen LogP contribution in [0.1, 0.15) is 31.9 Å². The number of methoxy groups -OCH3 is 1. The molecule has 1 heterocycles. The van der Waals surface area contributed by atoms with Gasteiger partial charge in [0.05, 0.1) is 30.9 Å². The van der Waals surface area contributed by atoms with Gasteiger partial charge in [0.1, 0.15) is 0 Å². The van der Waals surface area contributed by atoms with Crippen molar-refractivity contribution < 1.29 is 14.3 Å². The SMILES string of the molecule is CCOC(=O)Cc1csc(NC2CCCC2OC)n1. The van der Waals surface area contributed by atoms with Gasteiger partial charge in [0, 0.05) is 12.5 Å². The minimum absolute atomic E-state index is 0.227. The van der Waals surface area contributed by atoms with Crippen LogP contribution in [0.25, 0.3) is 0 Å². The molecule has 0 radical (unpaired) electrons. The standard InChI is InChI=1S/C13H20N2O3S/c1-3-18-12(16)7-9-8-19-13(14-9)15-10-5-4-6-11(10)17-2/h8,10-11H,3-7H2,1-2H3,(H,14,15). The summed E-state index contributed by atoms with van der Waals surface area (Å²) in [6.07, 6.45) is 3.87. The maximum absolute atomic E-state index is 11.4. The van der Waals surface area contributed by atoms with Crippen LogP contribution in [-0.2, 0) is 20.7 Å². The normalized spacial score (nSPS) is 22.4. The van der Waals surface area contributed by atoms with Gasteiger partial charge in [-0.05, 0) is 26.2 Å². The maximum atomic E-state index is 11.4. The molecule has 6 heteroatoms. The number of nitrogens with zero attached hydrogens (tertiary/aromatic N) is 1. The number of thiazole rings is 1. The summed E-state index contributed by atoms with van der Waals surface area (Å²) in [5.74, 6) is -0.227. The highest BCUT2D eigenvalue weighted by molar-refractivity contribution is 7.13. The molecule has 0 saturated heterocycles. The predicted octanol–water partition coefficient (Wildman–Crippen LogP) is 2.23. The van der Waals surface area contributed by atoms with E-state index in [1.54, 1.807) is 14.0 Å². The van der Waals surface area contributed by atoms with Crippen molar-refractivity contribution in [3.05, 3.63) is 11.1 Å². The van der Waals surface area contributed by atoms with Gasteiger partial charge in [0.15, 0.2) is 5.13 Å². The molecule has 2 atom stereocenters. The summed E-state index contributed by atoms with van der Waals surface area (Å²) in [6.45, 7) is 2.21. The van der Waals surface area contributed by atoms with Crippen molar-refractivity contribution in [2.24, 2.45) is 0 Å². The average molecular weight is 284 g/mol. The molecule has 1 saturated carbocycles. The largest absolute Gasteiger partial charge is 0.466 e. The molecule has 0 bridgehead atoms. The Kier molecular flexibility index (Phi) is 5.15.